The first kappa shape index (κ1) is 10.5. The van der Waals surface area contributed by atoms with E-state index in [1.807, 2.05) is 37.3 Å². The van der Waals surface area contributed by atoms with Gasteiger partial charge in [0.25, 0.3) is 0 Å². The third kappa shape index (κ3) is 1.67. The molecule has 0 atom stereocenters. The number of carbonyl (C=O) groups is 1. The maximum absolute atomic E-state index is 12.4. The zero-order valence-electron chi connectivity index (χ0n) is 9.46. The molecule has 1 aliphatic carbocycles. The summed E-state index contributed by atoms with van der Waals surface area (Å²) in [6, 6.07) is 11.6. The van der Waals surface area contributed by atoms with Gasteiger partial charge in [0.15, 0.2) is 5.78 Å². The van der Waals surface area contributed by atoms with Crippen molar-refractivity contribution in [2.24, 2.45) is 0 Å². The van der Waals surface area contributed by atoms with E-state index >= 15 is 0 Å². The number of rotatable bonds is 0. The van der Waals surface area contributed by atoms with E-state index in [4.69, 9.17) is 11.6 Å². The molecule has 2 aromatic carbocycles. The molecule has 0 radical (unpaired) electrons. The number of hydrogen-bond acceptors (Lipinski definition) is 1. The van der Waals surface area contributed by atoms with Crippen LogP contribution in [0.3, 0.4) is 0 Å². The Kier molecular flexibility index (Phi) is 2.30. The molecule has 84 valence electrons. The Morgan fingerprint density at radius 1 is 1.00 bits per heavy atom. The van der Waals surface area contributed by atoms with Crippen molar-refractivity contribution in [3.05, 3.63) is 69.2 Å². The number of carbonyl (C=O) groups excluding carboxylic acids is 1. The summed E-state index contributed by atoms with van der Waals surface area (Å²) in [7, 11) is 0. The van der Waals surface area contributed by atoms with Crippen LogP contribution >= 0.6 is 11.6 Å². The normalized spacial score (nSPS) is 13.2. The lowest BCUT2D eigenvalue weighted by Gasteiger charge is -2.19. The second kappa shape index (κ2) is 3.71. The van der Waals surface area contributed by atoms with Crippen LogP contribution in [0.1, 0.15) is 32.6 Å². The highest BCUT2D eigenvalue weighted by molar-refractivity contribution is 6.31. The zero-order valence-corrected chi connectivity index (χ0v) is 10.2. The van der Waals surface area contributed by atoms with E-state index in [2.05, 4.69) is 0 Å². The lowest BCUT2D eigenvalue weighted by Crippen LogP contribution is -2.15. The monoisotopic (exact) mass is 242 g/mol. The summed E-state index contributed by atoms with van der Waals surface area (Å²) in [6.07, 6.45) is 0.813. The fourth-order valence-corrected chi connectivity index (χ4v) is 2.49. The van der Waals surface area contributed by atoms with E-state index in [-0.39, 0.29) is 5.78 Å². The highest BCUT2D eigenvalue weighted by Crippen LogP contribution is 2.29. The minimum atomic E-state index is 0.0902. The molecule has 0 bridgehead atoms. The van der Waals surface area contributed by atoms with Gasteiger partial charge in [0.05, 0.1) is 0 Å². The molecule has 1 aliphatic rings. The zero-order chi connectivity index (χ0) is 12.0. The van der Waals surface area contributed by atoms with Gasteiger partial charge in [-0.05, 0) is 42.7 Å². The van der Waals surface area contributed by atoms with Crippen molar-refractivity contribution in [1.82, 2.24) is 0 Å². The maximum Gasteiger partial charge on any atom is 0.193 e. The van der Waals surface area contributed by atoms with Crippen LogP contribution in [-0.2, 0) is 6.42 Å². The molecule has 0 saturated heterocycles. The van der Waals surface area contributed by atoms with Gasteiger partial charge in [0.1, 0.15) is 0 Å². The molecular formula is C15H11ClO. The van der Waals surface area contributed by atoms with Crippen LogP contribution < -0.4 is 0 Å². The van der Waals surface area contributed by atoms with Crippen LogP contribution in [0.4, 0.5) is 0 Å². The minimum absolute atomic E-state index is 0.0902. The third-order valence-corrected chi connectivity index (χ3v) is 3.44. The van der Waals surface area contributed by atoms with Crippen molar-refractivity contribution in [2.75, 3.05) is 0 Å². The Hall–Kier alpha value is -1.60. The summed E-state index contributed by atoms with van der Waals surface area (Å²) < 4.78 is 0. The topological polar surface area (TPSA) is 17.1 Å². The Balaban J connectivity index is 2.21. The third-order valence-electron chi connectivity index (χ3n) is 3.21. The molecule has 0 unspecified atom stereocenters. The number of fused-ring (bicyclic) bond motifs is 2. The van der Waals surface area contributed by atoms with Gasteiger partial charge in [-0.3, -0.25) is 4.79 Å². The SMILES string of the molecule is Cc1ccc2c(c1)C(=O)c1cc(Cl)ccc1C2. The number of halogens is 1. The van der Waals surface area contributed by atoms with E-state index in [0.717, 1.165) is 34.2 Å². The predicted molar refractivity (Wildman–Crippen MR) is 68.9 cm³/mol. The molecular weight excluding hydrogens is 232 g/mol. The first-order valence-electron chi connectivity index (χ1n) is 5.58. The van der Waals surface area contributed by atoms with Gasteiger partial charge in [-0.15, -0.1) is 0 Å². The van der Waals surface area contributed by atoms with Gasteiger partial charge < -0.3 is 0 Å². The maximum atomic E-state index is 12.4. The van der Waals surface area contributed by atoms with Crippen molar-refractivity contribution >= 4 is 17.4 Å². The van der Waals surface area contributed by atoms with Crippen molar-refractivity contribution in [1.29, 1.82) is 0 Å². The average molecular weight is 243 g/mol. The van der Waals surface area contributed by atoms with E-state index < -0.39 is 0 Å². The van der Waals surface area contributed by atoms with Crippen LogP contribution in [0.2, 0.25) is 5.02 Å². The molecule has 0 N–H and O–H groups in total. The van der Waals surface area contributed by atoms with E-state index in [1.165, 1.54) is 0 Å². The van der Waals surface area contributed by atoms with Gasteiger partial charge in [-0.2, -0.15) is 0 Å². The molecule has 0 saturated carbocycles. The highest BCUT2D eigenvalue weighted by atomic mass is 35.5. The van der Waals surface area contributed by atoms with Gasteiger partial charge in [-0.1, -0.05) is 35.4 Å². The summed E-state index contributed by atoms with van der Waals surface area (Å²) in [5.41, 5.74) is 4.85. The van der Waals surface area contributed by atoms with E-state index in [0.29, 0.717) is 5.02 Å². The smallest absolute Gasteiger partial charge is 0.193 e. The summed E-state index contributed by atoms with van der Waals surface area (Å²) in [4.78, 5) is 12.4. The summed E-state index contributed by atoms with van der Waals surface area (Å²) >= 11 is 5.95. The van der Waals surface area contributed by atoms with Crippen molar-refractivity contribution in [3.63, 3.8) is 0 Å². The molecule has 0 spiro atoms. The van der Waals surface area contributed by atoms with Crippen LogP contribution in [0.15, 0.2) is 36.4 Å². The number of aryl methyl sites for hydroxylation is 1. The molecule has 2 heteroatoms. The highest BCUT2D eigenvalue weighted by Gasteiger charge is 2.23. The second-order valence-electron chi connectivity index (χ2n) is 4.47. The Morgan fingerprint density at radius 3 is 2.41 bits per heavy atom. The summed E-state index contributed by atoms with van der Waals surface area (Å²) in [5, 5.41) is 0.619. The predicted octanol–water partition coefficient (Wildman–Crippen LogP) is 3.78. The standard InChI is InChI=1S/C15H11ClO/c1-9-2-3-10-7-11-4-5-12(16)8-14(11)15(17)13(10)6-9/h2-6,8H,7H2,1H3. The molecule has 1 nitrogen and oxygen atoms in total. The first-order valence-corrected chi connectivity index (χ1v) is 5.95. The first-order chi connectivity index (χ1) is 8.15. The Bertz CT molecular complexity index is 575. The molecule has 0 aromatic heterocycles. The molecule has 0 amide bonds. The molecule has 0 fully saturated rings. The molecule has 2 aromatic rings. The molecule has 0 heterocycles. The average Bonchev–Trinajstić information content (AvgIpc) is 2.32. The van der Waals surface area contributed by atoms with Crippen molar-refractivity contribution < 1.29 is 4.79 Å². The second-order valence-corrected chi connectivity index (χ2v) is 4.90. The lowest BCUT2D eigenvalue weighted by molar-refractivity contribution is 0.103. The largest absolute Gasteiger partial charge is 0.289 e. The van der Waals surface area contributed by atoms with E-state index in [1.54, 1.807) is 6.07 Å². The van der Waals surface area contributed by atoms with Crippen LogP contribution in [0, 0.1) is 6.92 Å². The summed E-state index contributed by atoms with van der Waals surface area (Å²) in [5.74, 6) is 0.0902. The van der Waals surface area contributed by atoms with Crippen molar-refractivity contribution in [2.45, 2.75) is 13.3 Å². The van der Waals surface area contributed by atoms with Crippen LogP contribution in [0.5, 0.6) is 0 Å². The van der Waals surface area contributed by atoms with Gasteiger partial charge >= 0.3 is 0 Å². The van der Waals surface area contributed by atoms with Crippen molar-refractivity contribution in [3.8, 4) is 0 Å². The number of ketones is 1. The quantitative estimate of drug-likeness (QED) is 0.586. The number of hydrogen-bond donors (Lipinski definition) is 0. The van der Waals surface area contributed by atoms with Crippen LogP contribution in [0.25, 0.3) is 0 Å². The van der Waals surface area contributed by atoms with Crippen LogP contribution in [-0.4, -0.2) is 5.78 Å². The van der Waals surface area contributed by atoms with Gasteiger partial charge in [0.2, 0.25) is 0 Å². The summed E-state index contributed by atoms with van der Waals surface area (Å²) in [6.45, 7) is 2.00. The Morgan fingerprint density at radius 2 is 1.65 bits per heavy atom. The van der Waals surface area contributed by atoms with Gasteiger partial charge in [0, 0.05) is 16.1 Å². The fourth-order valence-electron chi connectivity index (χ4n) is 2.32. The lowest BCUT2D eigenvalue weighted by atomic mass is 9.84. The van der Waals surface area contributed by atoms with Gasteiger partial charge in [-0.25, -0.2) is 0 Å². The molecule has 17 heavy (non-hydrogen) atoms. The van der Waals surface area contributed by atoms with E-state index in [9.17, 15) is 4.79 Å². The fraction of sp³-hybridized carbons (Fsp3) is 0.133. The molecule has 0 aliphatic heterocycles. The number of benzene rings is 2. The molecule has 3 rings (SSSR count). The minimum Gasteiger partial charge on any atom is -0.289 e. The Labute approximate surface area is 105 Å².